The van der Waals surface area contributed by atoms with Crippen LogP contribution in [0.4, 0.5) is 10.1 Å². The minimum Gasteiger partial charge on any atom is -0.457 e. The van der Waals surface area contributed by atoms with Crippen LogP contribution in [-0.4, -0.2) is 43.7 Å². The topological polar surface area (TPSA) is 111 Å². The van der Waals surface area contributed by atoms with Gasteiger partial charge in [-0.1, -0.05) is 12.1 Å². The van der Waals surface area contributed by atoms with Gasteiger partial charge in [0.1, 0.15) is 23.1 Å². The number of alkyl halides is 1. The summed E-state index contributed by atoms with van der Waals surface area (Å²) in [6.07, 6.45) is 1.09. The molecular formula is C17H22FN3O5S2. The maximum atomic E-state index is 12.7. The largest absolute Gasteiger partial charge is 0.457 e. The molecule has 0 amide bonds. The normalized spacial score (nSPS) is 17.1. The van der Waals surface area contributed by atoms with E-state index >= 15 is 0 Å². The van der Waals surface area contributed by atoms with Crippen molar-refractivity contribution in [1.82, 2.24) is 9.44 Å². The predicted molar refractivity (Wildman–Crippen MR) is 107 cm³/mol. The Hall–Kier alpha value is -1.89. The Labute approximate surface area is 164 Å². The second-order valence-electron chi connectivity index (χ2n) is 6.27. The van der Waals surface area contributed by atoms with E-state index in [1.54, 1.807) is 41.3 Å². The van der Waals surface area contributed by atoms with E-state index in [2.05, 4.69) is 9.44 Å². The van der Waals surface area contributed by atoms with Crippen molar-refractivity contribution < 1.29 is 26.7 Å². The third kappa shape index (κ3) is 5.13. The summed E-state index contributed by atoms with van der Waals surface area (Å²) in [6, 6.07) is 11.7. The van der Waals surface area contributed by atoms with Crippen LogP contribution in [0.1, 0.15) is 5.56 Å². The minimum absolute atomic E-state index is 0.138. The average molecular weight is 432 g/mol. The van der Waals surface area contributed by atoms with Gasteiger partial charge in [0.25, 0.3) is 0 Å². The highest BCUT2D eigenvalue weighted by Crippen LogP contribution is 2.52. The molecule has 2 aromatic carbocycles. The summed E-state index contributed by atoms with van der Waals surface area (Å²) in [7, 11) is -6.46. The molecule has 11 heteroatoms. The Morgan fingerprint density at radius 2 is 1.89 bits per heavy atom. The summed E-state index contributed by atoms with van der Waals surface area (Å²) < 4.78 is 66.3. The molecule has 0 bridgehead atoms. The maximum Gasteiger partial charge on any atom is 0.209 e. The lowest BCUT2D eigenvalue weighted by molar-refractivity contribution is 0.446. The molecule has 0 unspecified atom stereocenters. The number of nitrogens with one attached hydrogen (secondary N) is 2. The van der Waals surface area contributed by atoms with Crippen molar-refractivity contribution in [1.29, 1.82) is 0 Å². The summed E-state index contributed by atoms with van der Waals surface area (Å²) in [5.74, 6) is 0.897. The van der Waals surface area contributed by atoms with E-state index in [4.69, 9.17) is 4.74 Å². The van der Waals surface area contributed by atoms with Crippen LogP contribution in [0, 0.1) is 0 Å². The second-order valence-corrected chi connectivity index (χ2v) is 9.93. The molecule has 2 aromatic rings. The first-order chi connectivity index (χ1) is 13.2. The number of sulfonamides is 1. The lowest BCUT2D eigenvalue weighted by atomic mass is 10.2. The van der Waals surface area contributed by atoms with Crippen LogP contribution in [0.5, 0.6) is 11.5 Å². The molecule has 28 heavy (non-hydrogen) atoms. The Bertz CT molecular complexity index is 938. The molecule has 1 aliphatic rings. The Morgan fingerprint density at radius 3 is 2.54 bits per heavy atom. The van der Waals surface area contributed by atoms with Crippen molar-refractivity contribution >= 4 is 26.5 Å². The van der Waals surface area contributed by atoms with Gasteiger partial charge in [-0.25, -0.2) is 17.5 Å². The van der Waals surface area contributed by atoms with Gasteiger partial charge in [-0.2, -0.15) is 4.72 Å². The molecule has 154 valence electrons. The maximum absolute atomic E-state index is 12.7. The molecule has 0 aromatic heterocycles. The molecule has 0 aliphatic carbocycles. The van der Waals surface area contributed by atoms with Crippen molar-refractivity contribution in [3.8, 4) is 11.5 Å². The Morgan fingerprint density at radius 1 is 1.21 bits per heavy atom. The van der Waals surface area contributed by atoms with Crippen LogP contribution < -0.4 is 19.1 Å². The van der Waals surface area contributed by atoms with E-state index in [1.807, 2.05) is 0 Å². The van der Waals surface area contributed by atoms with Crippen LogP contribution in [0.3, 0.4) is 0 Å². The Balaban J connectivity index is 1.76. The number of ether oxygens (including phenoxy) is 1. The predicted octanol–water partition coefficient (Wildman–Crippen LogP) is 2.89. The summed E-state index contributed by atoms with van der Waals surface area (Å²) in [5, 5.41) is 0. The molecule has 0 saturated carbocycles. The third-order valence-electron chi connectivity index (χ3n) is 4.09. The van der Waals surface area contributed by atoms with Crippen molar-refractivity contribution in [3.63, 3.8) is 0 Å². The zero-order chi connectivity index (χ0) is 20.4. The fourth-order valence-corrected chi connectivity index (χ4v) is 4.39. The number of benzene rings is 2. The van der Waals surface area contributed by atoms with Crippen LogP contribution >= 0.6 is 10.8 Å². The van der Waals surface area contributed by atoms with E-state index in [0.717, 1.165) is 11.8 Å². The summed E-state index contributed by atoms with van der Waals surface area (Å²) in [5.41, 5.74) is 1.31. The number of anilines is 1. The summed E-state index contributed by atoms with van der Waals surface area (Å²) in [6.45, 7) is -0.102. The van der Waals surface area contributed by atoms with Gasteiger partial charge < -0.3 is 9.64 Å². The fourth-order valence-electron chi connectivity index (χ4n) is 2.71. The molecule has 0 saturated heterocycles. The van der Waals surface area contributed by atoms with Crippen molar-refractivity contribution in [2.45, 2.75) is 11.4 Å². The summed E-state index contributed by atoms with van der Waals surface area (Å²) in [4.78, 5) is 1.93. The van der Waals surface area contributed by atoms with Gasteiger partial charge in [0.15, 0.2) is 0 Å². The number of fused-ring (bicyclic) bond motifs is 1. The summed E-state index contributed by atoms with van der Waals surface area (Å²) >= 11 is 0. The zero-order valence-corrected chi connectivity index (χ0v) is 16.8. The highest BCUT2D eigenvalue weighted by Gasteiger charge is 2.28. The standard InChI is InChI=1S/C17H22FN3O5S2/c1-27(22,23)19-11-13-2-4-14(5-3-13)26-15-6-7-16-17(10-15)28(24,25)20-12-21(16)9-8-18/h2-7,10,19-20,24-25H,8-9,11-12H2,1H3. The molecule has 0 spiro atoms. The molecule has 0 atom stereocenters. The smallest absolute Gasteiger partial charge is 0.209 e. The zero-order valence-electron chi connectivity index (χ0n) is 15.1. The average Bonchev–Trinajstić information content (AvgIpc) is 2.63. The van der Waals surface area contributed by atoms with E-state index in [9.17, 15) is 21.9 Å². The van der Waals surface area contributed by atoms with Crippen molar-refractivity contribution in [2.75, 3.05) is 31.0 Å². The first-order valence-electron chi connectivity index (χ1n) is 8.37. The number of rotatable bonds is 7. The highest BCUT2D eigenvalue weighted by atomic mass is 32.3. The van der Waals surface area contributed by atoms with E-state index in [-0.39, 0.29) is 24.7 Å². The van der Waals surface area contributed by atoms with Gasteiger partial charge in [0, 0.05) is 19.2 Å². The van der Waals surface area contributed by atoms with Gasteiger partial charge in [-0.3, -0.25) is 9.11 Å². The van der Waals surface area contributed by atoms with Gasteiger partial charge in [0.05, 0.1) is 18.6 Å². The van der Waals surface area contributed by atoms with Crippen molar-refractivity contribution in [3.05, 3.63) is 48.0 Å². The van der Waals surface area contributed by atoms with Gasteiger partial charge in [-0.05, 0) is 29.8 Å². The SMILES string of the molecule is CS(=O)(=O)NCc1ccc(Oc2ccc3c(c2)S(O)(O)NCN3CCF)cc1. The quantitative estimate of drug-likeness (QED) is 0.533. The number of halogens is 1. The molecule has 1 aliphatic heterocycles. The first kappa shape index (κ1) is 20.8. The van der Waals surface area contributed by atoms with Crippen molar-refractivity contribution in [2.24, 2.45) is 0 Å². The number of nitrogens with zero attached hydrogens (tertiary/aromatic N) is 1. The molecule has 4 N–H and O–H groups in total. The fraction of sp³-hybridized carbons (Fsp3) is 0.294. The molecule has 1 heterocycles. The number of hydrogen-bond acceptors (Lipinski definition) is 7. The van der Waals surface area contributed by atoms with Gasteiger partial charge >= 0.3 is 0 Å². The molecule has 0 fully saturated rings. The van der Waals surface area contributed by atoms with Crippen LogP contribution in [0.2, 0.25) is 0 Å². The van der Waals surface area contributed by atoms with Crippen LogP contribution in [0.15, 0.2) is 47.4 Å². The van der Waals surface area contributed by atoms with E-state index < -0.39 is 27.5 Å². The monoisotopic (exact) mass is 431 g/mol. The number of hydrogen-bond donors (Lipinski definition) is 4. The highest BCUT2D eigenvalue weighted by molar-refractivity contribution is 8.22. The molecule has 8 nitrogen and oxygen atoms in total. The minimum atomic E-state index is -3.27. The molecular weight excluding hydrogens is 409 g/mol. The van der Waals surface area contributed by atoms with E-state index in [0.29, 0.717) is 17.2 Å². The van der Waals surface area contributed by atoms with Crippen LogP contribution in [-0.2, 0) is 16.6 Å². The third-order valence-corrected chi connectivity index (χ3v) is 6.23. The first-order valence-corrected chi connectivity index (χ1v) is 11.8. The van der Waals surface area contributed by atoms with E-state index in [1.165, 1.54) is 6.07 Å². The van der Waals surface area contributed by atoms with Gasteiger partial charge in [-0.15, -0.1) is 10.8 Å². The second kappa shape index (κ2) is 8.23. The van der Waals surface area contributed by atoms with Crippen LogP contribution in [0.25, 0.3) is 0 Å². The molecule has 3 rings (SSSR count). The Kier molecular flexibility index (Phi) is 6.12. The lowest BCUT2D eigenvalue weighted by Gasteiger charge is -2.43. The lowest BCUT2D eigenvalue weighted by Crippen LogP contribution is -2.41. The molecule has 0 radical (unpaired) electrons. The van der Waals surface area contributed by atoms with Gasteiger partial charge in [0.2, 0.25) is 10.0 Å².